The summed E-state index contributed by atoms with van der Waals surface area (Å²) in [6.07, 6.45) is 1.08. The quantitative estimate of drug-likeness (QED) is 0.814. The van der Waals surface area contributed by atoms with Crippen LogP contribution >= 0.6 is 15.9 Å². The van der Waals surface area contributed by atoms with Gasteiger partial charge in [0.2, 0.25) is 0 Å². The second kappa shape index (κ2) is 7.31. The molecule has 0 amide bonds. The molecule has 2 nitrogen and oxygen atoms in total. The number of hydrogen-bond donors (Lipinski definition) is 1. The third kappa shape index (κ3) is 4.37. The summed E-state index contributed by atoms with van der Waals surface area (Å²) in [6, 6.07) is 16.7. The molecule has 0 aliphatic rings. The Morgan fingerprint density at radius 2 is 1.79 bits per heavy atom. The Morgan fingerprint density at radius 3 is 2.47 bits per heavy atom. The summed E-state index contributed by atoms with van der Waals surface area (Å²) in [5.74, 6) is 0.918. The number of halogens is 1. The molecule has 0 heterocycles. The van der Waals surface area contributed by atoms with Gasteiger partial charge in [-0.1, -0.05) is 46.3 Å². The predicted molar refractivity (Wildman–Crippen MR) is 81.3 cm³/mol. The normalized spacial score (nSPS) is 10.4. The van der Waals surface area contributed by atoms with Gasteiger partial charge in [0.15, 0.2) is 0 Å². The van der Waals surface area contributed by atoms with E-state index in [1.807, 2.05) is 18.2 Å². The maximum atomic E-state index is 5.15. The molecule has 3 heteroatoms. The van der Waals surface area contributed by atoms with Crippen molar-refractivity contribution in [3.8, 4) is 5.75 Å². The van der Waals surface area contributed by atoms with E-state index < -0.39 is 0 Å². The zero-order chi connectivity index (χ0) is 13.5. The number of nitrogens with two attached hydrogens (primary N) is 1. The zero-order valence-corrected chi connectivity index (χ0v) is 12.7. The lowest BCUT2D eigenvalue weighted by Crippen LogP contribution is -2.83. The van der Waals surface area contributed by atoms with Gasteiger partial charge >= 0.3 is 0 Å². The highest BCUT2D eigenvalue weighted by molar-refractivity contribution is 9.10. The summed E-state index contributed by atoms with van der Waals surface area (Å²) in [7, 11) is 1.69. The van der Waals surface area contributed by atoms with Crippen molar-refractivity contribution >= 4 is 15.9 Å². The zero-order valence-electron chi connectivity index (χ0n) is 11.1. The smallest absolute Gasteiger partial charge is 0.118 e. The molecule has 2 aromatic carbocycles. The molecule has 0 saturated heterocycles. The third-order valence-corrected chi connectivity index (χ3v) is 3.89. The molecular formula is C16H19BrNO+. The Labute approximate surface area is 122 Å². The van der Waals surface area contributed by atoms with E-state index in [0.717, 1.165) is 25.3 Å². The monoisotopic (exact) mass is 320 g/mol. The SMILES string of the molecule is COc1ccc(CC[NH2+]Cc2ccccc2Br)cc1. The first-order valence-corrected chi connectivity index (χ1v) is 7.27. The first kappa shape index (κ1) is 14.1. The Bertz CT molecular complexity index is 510. The molecule has 100 valence electrons. The lowest BCUT2D eigenvalue weighted by Gasteiger charge is -2.05. The molecule has 0 aliphatic carbocycles. The molecule has 2 aromatic rings. The molecule has 0 fully saturated rings. The van der Waals surface area contributed by atoms with E-state index >= 15 is 0 Å². The van der Waals surface area contributed by atoms with Gasteiger partial charge in [-0.2, -0.15) is 0 Å². The second-order valence-corrected chi connectivity index (χ2v) is 5.33. The number of ether oxygens (including phenoxy) is 1. The molecule has 0 unspecified atom stereocenters. The van der Waals surface area contributed by atoms with Crippen LogP contribution in [0.15, 0.2) is 53.0 Å². The summed E-state index contributed by atoms with van der Waals surface area (Å²) < 4.78 is 6.34. The van der Waals surface area contributed by atoms with E-state index in [4.69, 9.17) is 4.74 Å². The van der Waals surface area contributed by atoms with Gasteiger partial charge in [0.25, 0.3) is 0 Å². The van der Waals surface area contributed by atoms with Crippen molar-refractivity contribution in [2.45, 2.75) is 13.0 Å². The topological polar surface area (TPSA) is 25.8 Å². The van der Waals surface area contributed by atoms with Crippen LogP contribution < -0.4 is 10.1 Å². The fourth-order valence-corrected chi connectivity index (χ4v) is 2.43. The van der Waals surface area contributed by atoms with E-state index in [9.17, 15) is 0 Å². The summed E-state index contributed by atoms with van der Waals surface area (Å²) in [4.78, 5) is 0. The summed E-state index contributed by atoms with van der Waals surface area (Å²) >= 11 is 3.58. The molecule has 0 aliphatic heterocycles. The molecule has 0 saturated carbocycles. The predicted octanol–water partition coefficient (Wildman–Crippen LogP) is 2.76. The van der Waals surface area contributed by atoms with E-state index in [-0.39, 0.29) is 0 Å². The van der Waals surface area contributed by atoms with Gasteiger partial charge in [-0.05, 0) is 23.8 Å². The third-order valence-electron chi connectivity index (χ3n) is 3.12. The van der Waals surface area contributed by atoms with Crippen molar-refractivity contribution in [2.24, 2.45) is 0 Å². The fraction of sp³-hybridized carbons (Fsp3) is 0.250. The molecule has 0 bridgehead atoms. The van der Waals surface area contributed by atoms with Gasteiger partial charge < -0.3 is 10.1 Å². The van der Waals surface area contributed by atoms with Gasteiger partial charge in [-0.3, -0.25) is 0 Å². The number of quaternary nitrogens is 1. The van der Waals surface area contributed by atoms with Crippen LogP contribution in [0.4, 0.5) is 0 Å². The molecule has 0 atom stereocenters. The standard InChI is InChI=1S/C16H18BrNO/c1-19-15-8-6-13(7-9-15)10-11-18-12-14-4-2-3-5-16(14)17/h2-9,18H,10-12H2,1H3/p+1. The average Bonchev–Trinajstić information content (AvgIpc) is 2.46. The highest BCUT2D eigenvalue weighted by Gasteiger charge is 2.01. The highest BCUT2D eigenvalue weighted by Crippen LogP contribution is 2.14. The largest absolute Gasteiger partial charge is 0.497 e. The average molecular weight is 321 g/mol. The van der Waals surface area contributed by atoms with Crippen molar-refractivity contribution in [3.63, 3.8) is 0 Å². The van der Waals surface area contributed by atoms with Crippen LogP contribution in [-0.4, -0.2) is 13.7 Å². The Hall–Kier alpha value is -1.32. The van der Waals surface area contributed by atoms with Gasteiger partial charge in [0, 0.05) is 16.5 Å². The molecular weight excluding hydrogens is 302 g/mol. The van der Waals surface area contributed by atoms with Crippen molar-refractivity contribution < 1.29 is 10.1 Å². The maximum Gasteiger partial charge on any atom is 0.118 e. The van der Waals surface area contributed by atoms with Gasteiger partial charge in [-0.25, -0.2) is 0 Å². The molecule has 2 N–H and O–H groups in total. The first-order valence-electron chi connectivity index (χ1n) is 6.47. The molecule has 0 aromatic heterocycles. The van der Waals surface area contributed by atoms with E-state index in [0.29, 0.717) is 0 Å². The van der Waals surface area contributed by atoms with Crippen molar-refractivity contribution in [2.75, 3.05) is 13.7 Å². The summed E-state index contributed by atoms with van der Waals surface area (Å²) in [6.45, 7) is 2.10. The summed E-state index contributed by atoms with van der Waals surface area (Å²) in [5, 5.41) is 2.34. The maximum absolute atomic E-state index is 5.15. The van der Waals surface area contributed by atoms with E-state index in [1.165, 1.54) is 15.6 Å². The van der Waals surface area contributed by atoms with Gasteiger partial charge in [-0.15, -0.1) is 0 Å². The number of methoxy groups -OCH3 is 1. The van der Waals surface area contributed by atoms with Crippen LogP contribution in [0.2, 0.25) is 0 Å². The molecule has 2 rings (SSSR count). The minimum Gasteiger partial charge on any atom is -0.497 e. The minimum absolute atomic E-state index is 0.918. The van der Waals surface area contributed by atoms with Crippen molar-refractivity contribution in [1.82, 2.24) is 0 Å². The molecule has 19 heavy (non-hydrogen) atoms. The Kier molecular flexibility index (Phi) is 5.43. The van der Waals surface area contributed by atoms with Crippen LogP contribution in [0, 0.1) is 0 Å². The highest BCUT2D eigenvalue weighted by atomic mass is 79.9. The number of rotatable bonds is 6. The van der Waals surface area contributed by atoms with Gasteiger partial charge in [0.05, 0.1) is 13.7 Å². The van der Waals surface area contributed by atoms with Crippen LogP contribution in [0.5, 0.6) is 5.75 Å². The number of hydrogen-bond acceptors (Lipinski definition) is 1. The first-order chi connectivity index (χ1) is 9.29. The van der Waals surface area contributed by atoms with Gasteiger partial charge in [0.1, 0.15) is 12.3 Å². The minimum atomic E-state index is 0.918. The van der Waals surface area contributed by atoms with Crippen molar-refractivity contribution in [3.05, 3.63) is 64.1 Å². The number of benzene rings is 2. The van der Waals surface area contributed by atoms with Crippen LogP contribution in [-0.2, 0) is 13.0 Å². The van der Waals surface area contributed by atoms with Crippen LogP contribution in [0.3, 0.4) is 0 Å². The van der Waals surface area contributed by atoms with Crippen LogP contribution in [0.25, 0.3) is 0 Å². The van der Waals surface area contributed by atoms with Crippen molar-refractivity contribution in [1.29, 1.82) is 0 Å². The Balaban J connectivity index is 1.76. The summed E-state index contributed by atoms with van der Waals surface area (Å²) in [5.41, 5.74) is 2.70. The van der Waals surface area contributed by atoms with Crippen LogP contribution in [0.1, 0.15) is 11.1 Å². The van der Waals surface area contributed by atoms with E-state index in [1.54, 1.807) is 7.11 Å². The molecule has 0 spiro atoms. The fourth-order valence-electron chi connectivity index (χ4n) is 1.98. The molecule has 0 radical (unpaired) electrons. The lowest BCUT2D eigenvalue weighted by molar-refractivity contribution is -0.670. The van der Waals surface area contributed by atoms with E-state index in [2.05, 4.69) is 51.6 Å². The Morgan fingerprint density at radius 1 is 1.05 bits per heavy atom. The lowest BCUT2D eigenvalue weighted by atomic mass is 10.1. The second-order valence-electron chi connectivity index (χ2n) is 4.47.